The molecular weight excluding hydrogens is 422 g/mol. The third-order valence-corrected chi connectivity index (χ3v) is 6.70. The molecule has 3 atom stereocenters. The summed E-state index contributed by atoms with van der Waals surface area (Å²) in [6, 6.07) is 2.96. The van der Waals surface area contributed by atoms with Gasteiger partial charge in [0.25, 0.3) is 0 Å². The lowest BCUT2D eigenvalue weighted by molar-refractivity contribution is 0.193. The van der Waals surface area contributed by atoms with Crippen LogP contribution in [0.2, 0.25) is 0 Å². The van der Waals surface area contributed by atoms with E-state index in [0.717, 1.165) is 11.8 Å². The Morgan fingerprint density at radius 1 is 1.19 bits per heavy atom. The number of primary sulfonamides is 1. The first-order valence-corrected chi connectivity index (χ1v) is 10.1. The highest BCUT2D eigenvalue weighted by Crippen LogP contribution is 2.48. The van der Waals surface area contributed by atoms with Crippen molar-refractivity contribution in [3.05, 3.63) is 21.1 Å². The Morgan fingerprint density at radius 2 is 1.86 bits per heavy atom. The fourth-order valence-electron chi connectivity index (χ4n) is 3.61. The van der Waals surface area contributed by atoms with Gasteiger partial charge in [-0.05, 0) is 81.0 Å². The van der Waals surface area contributed by atoms with Crippen LogP contribution in [0.15, 0.2) is 26.0 Å². The SMILES string of the molecule is NS(=O)(=O)c1cc(Br)c(OCC2CC3CCC2C3)c(Br)c1. The van der Waals surface area contributed by atoms with Crippen molar-refractivity contribution >= 4 is 41.9 Å². The number of fused-ring (bicyclic) bond motifs is 2. The summed E-state index contributed by atoms with van der Waals surface area (Å²) in [5, 5.41) is 5.15. The lowest BCUT2D eigenvalue weighted by Crippen LogP contribution is -2.19. The first-order chi connectivity index (χ1) is 9.84. The minimum Gasteiger partial charge on any atom is -0.491 e. The van der Waals surface area contributed by atoms with E-state index in [1.165, 1.54) is 37.8 Å². The van der Waals surface area contributed by atoms with E-state index in [2.05, 4.69) is 31.9 Å². The highest BCUT2D eigenvalue weighted by atomic mass is 79.9. The van der Waals surface area contributed by atoms with Gasteiger partial charge in [-0.2, -0.15) is 0 Å². The second kappa shape index (κ2) is 5.83. The predicted octanol–water partition coefficient (Wildman–Crippen LogP) is 3.67. The maximum absolute atomic E-state index is 11.4. The molecule has 2 aliphatic carbocycles. The van der Waals surface area contributed by atoms with Crippen molar-refractivity contribution in [2.45, 2.75) is 30.6 Å². The third-order valence-electron chi connectivity index (χ3n) is 4.63. The monoisotopic (exact) mass is 437 g/mol. The molecule has 0 aromatic heterocycles. The van der Waals surface area contributed by atoms with E-state index in [1.54, 1.807) is 0 Å². The van der Waals surface area contributed by atoms with Crippen LogP contribution in [0.3, 0.4) is 0 Å². The first kappa shape index (κ1) is 15.8. The minimum absolute atomic E-state index is 0.0634. The first-order valence-electron chi connectivity index (χ1n) is 6.99. The maximum Gasteiger partial charge on any atom is 0.238 e. The summed E-state index contributed by atoms with van der Waals surface area (Å²) in [7, 11) is -3.72. The highest BCUT2D eigenvalue weighted by molar-refractivity contribution is 9.11. The van der Waals surface area contributed by atoms with Crippen LogP contribution in [0.4, 0.5) is 0 Å². The van der Waals surface area contributed by atoms with Gasteiger partial charge in [0.15, 0.2) is 0 Å². The zero-order chi connectivity index (χ0) is 15.2. The summed E-state index contributed by atoms with van der Waals surface area (Å²) < 4.78 is 29.9. The molecule has 2 bridgehead atoms. The van der Waals surface area contributed by atoms with Gasteiger partial charge in [0.05, 0.1) is 20.4 Å². The quantitative estimate of drug-likeness (QED) is 0.779. The largest absolute Gasteiger partial charge is 0.491 e. The van der Waals surface area contributed by atoms with Gasteiger partial charge in [-0.25, -0.2) is 13.6 Å². The molecular formula is C14H17Br2NO3S. The summed E-state index contributed by atoms with van der Waals surface area (Å²) in [5.74, 6) is 2.96. The van der Waals surface area contributed by atoms with Crippen LogP contribution in [-0.4, -0.2) is 15.0 Å². The molecule has 4 nitrogen and oxygen atoms in total. The van der Waals surface area contributed by atoms with Crippen LogP contribution >= 0.6 is 31.9 Å². The molecule has 116 valence electrons. The lowest BCUT2D eigenvalue weighted by atomic mass is 9.89. The number of hydrogen-bond acceptors (Lipinski definition) is 3. The Balaban J connectivity index is 1.74. The van der Waals surface area contributed by atoms with Gasteiger partial charge >= 0.3 is 0 Å². The molecule has 0 amide bonds. The van der Waals surface area contributed by atoms with Crippen molar-refractivity contribution in [1.29, 1.82) is 0 Å². The zero-order valence-corrected chi connectivity index (χ0v) is 15.4. The molecule has 21 heavy (non-hydrogen) atoms. The van der Waals surface area contributed by atoms with Gasteiger partial charge in [-0.3, -0.25) is 0 Å². The van der Waals surface area contributed by atoms with E-state index in [1.807, 2.05) is 0 Å². The minimum atomic E-state index is -3.72. The van der Waals surface area contributed by atoms with Gasteiger partial charge in [0.1, 0.15) is 5.75 Å². The van der Waals surface area contributed by atoms with Gasteiger partial charge < -0.3 is 4.74 Å². The summed E-state index contributed by atoms with van der Waals surface area (Å²) in [5.41, 5.74) is 0. The lowest BCUT2D eigenvalue weighted by Gasteiger charge is -2.22. The van der Waals surface area contributed by atoms with Crippen LogP contribution in [0, 0.1) is 17.8 Å². The fraction of sp³-hybridized carbons (Fsp3) is 0.571. The highest BCUT2D eigenvalue weighted by Gasteiger charge is 2.39. The number of benzene rings is 1. The van der Waals surface area contributed by atoms with Crippen LogP contribution in [0.1, 0.15) is 25.7 Å². The second-order valence-corrected chi connectivity index (χ2v) is 9.28. The van der Waals surface area contributed by atoms with Crippen molar-refractivity contribution < 1.29 is 13.2 Å². The summed E-state index contributed by atoms with van der Waals surface area (Å²) in [6.07, 6.45) is 5.30. The molecule has 1 aromatic rings. The molecule has 0 radical (unpaired) electrons. The van der Waals surface area contributed by atoms with Gasteiger partial charge in [0.2, 0.25) is 10.0 Å². The number of nitrogens with two attached hydrogens (primary N) is 1. The average molecular weight is 439 g/mol. The van der Waals surface area contributed by atoms with Gasteiger partial charge in [0, 0.05) is 0 Å². The van der Waals surface area contributed by atoms with Crippen LogP contribution < -0.4 is 9.88 Å². The average Bonchev–Trinajstić information content (AvgIpc) is 2.98. The zero-order valence-electron chi connectivity index (χ0n) is 11.4. The van der Waals surface area contributed by atoms with Crippen LogP contribution in [0.25, 0.3) is 0 Å². The fourth-order valence-corrected chi connectivity index (χ4v) is 5.89. The molecule has 2 saturated carbocycles. The maximum atomic E-state index is 11.4. The molecule has 3 rings (SSSR count). The van der Waals surface area contributed by atoms with E-state index in [-0.39, 0.29) is 4.90 Å². The van der Waals surface area contributed by atoms with Crippen molar-refractivity contribution in [2.75, 3.05) is 6.61 Å². The van der Waals surface area contributed by atoms with Crippen molar-refractivity contribution in [3.63, 3.8) is 0 Å². The number of hydrogen-bond donors (Lipinski definition) is 1. The van der Waals surface area contributed by atoms with E-state index in [9.17, 15) is 8.42 Å². The molecule has 0 heterocycles. The van der Waals surface area contributed by atoms with Crippen LogP contribution in [0.5, 0.6) is 5.75 Å². The molecule has 0 saturated heterocycles. The smallest absolute Gasteiger partial charge is 0.238 e. The van der Waals surface area contributed by atoms with E-state index in [4.69, 9.17) is 9.88 Å². The molecule has 2 aliphatic rings. The summed E-state index contributed by atoms with van der Waals surface area (Å²) >= 11 is 6.73. The van der Waals surface area contributed by atoms with Gasteiger partial charge in [-0.15, -0.1) is 0 Å². The topological polar surface area (TPSA) is 69.4 Å². The molecule has 0 spiro atoms. The molecule has 7 heteroatoms. The predicted molar refractivity (Wildman–Crippen MR) is 87.6 cm³/mol. The standard InChI is InChI=1S/C14H17Br2NO3S/c15-12-5-11(21(17,18)19)6-13(16)14(12)20-7-10-4-8-1-2-9(10)3-8/h5-6,8-10H,1-4,7H2,(H2,17,18,19). The Bertz CT molecular complexity index is 639. The van der Waals surface area contributed by atoms with E-state index < -0.39 is 10.0 Å². The second-order valence-electron chi connectivity index (χ2n) is 6.01. The summed E-state index contributed by atoms with van der Waals surface area (Å²) in [4.78, 5) is 0.0634. The Labute approximate surface area is 141 Å². The summed E-state index contributed by atoms with van der Waals surface area (Å²) in [6.45, 7) is 0.688. The van der Waals surface area contributed by atoms with Crippen molar-refractivity contribution in [3.8, 4) is 5.75 Å². The van der Waals surface area contributed by atoms with Crippen molar-refractivity contribution in [1.82, 2.24) is 0 Å². The Kier molecular flexibility index (Phi) is 4.38. The molecule has 2 N–H and O–H groups in total. The number of rotatable bonds is 4. The van der Waals surface area contributed by atoms with E-state index in [0.29, 0.717) is 27.2 Å². The Morgan fingerprint density at radius 3 is 2.33 bits per heavy atom. The normalized spacial score (nSPS) is 28.0. The third kappa shape index (κ3) is 3.30. The molecule has 0 aliphatic heterocycles. The molecule has 3 unspecified atom stereocenters. The van der Waals surface area contributed by atoms with Gasteiger partial charge in [-0.1, -0.05) is 6.42 Å². The van der Waals surface area contributed by atoms with Crippen LogP contribution in [-0.2, 0) is 10.0 Å². The van der Waals surface area contributed by atoms with E-state index >= 15 is 0 Å². The molecule has 2 fully saturated rings. The number of sulfonamides is 1. The molecule has 1 aromatic carbocycles. The Hall–Kier alpha value is -0.110. The van der Waals surface area contributed by atoms with Crippen molar-refractivity contribution in [2.24, 2.45) is 22.9 Å². The number of halogens is 2. The number of ether oxygens (including phenoxy) is 1.